The van der Waals surface area contributed by atoms with E-state index in [-0.39, 0.29) is 36.6 Å². The van der Waals surface area contributed by atoms with Crippen LogP contribution in [-0.2, 0) is 19.6 Å². The summed E-state index contributed by atoms with van der Waals surface area (Å²) in [5.74, 6) is 1.29. The van der Waals surface area contributed by atoms with Crippen LogP contribution >= 0.6 is 0 Å². The molecule has 1 aromatic carbocycles. The van der Waals surface area contributed by atoms with E-state index in [0.717, 1.165) is 25.7 Å². The zero-order chi connectivity index (χ0) is 28.0. The Hall–Kier alpha value is -1.72. The Labute approximate surface area is 230 Å². The minimum Gasteiger partial charge on any atom is -0.497 e. The first-order valence-electron chi connectivity index (χ1n) is 13.8. The lowest BCUT2D eigenvalue weighted by atomic mass is 9.85. The van der Waals surface area contributed by atoms with E-state index in [1.807, 2.05) is 11.9 Å². The number of ether oxygens (including phenoxy) is 2. The highest BCUT2D eigenvalue weighted by Gasteiger charge is 2.30. The molecule has 1 aliphatic carbocycles. The number of carbonyl (C=O) groups is 1. The average molecular weight is 553 g/mol. The van der Waals surface area contributed by atoms with Crippen LogP contribution in [0.4, 0.5) is 0 Å². The summed E-state index contributed by atoms with van der Waals surface area (Å²) in [6.45, 7) is 7.34. The molecule has 0 aromatic heterocycles. The van der Waals surface area contributed by atoms with E-state index in [9.17, 15) is 13.2 Å². The molecule has 2 aliphatic rings. The Bertz CT molecular complexity index is 1020. The minimum absolute atomic E-state index is 0.0371. The van der Waals surface area contributed by atoms with Gasteiger partial charge in [0.2, 0.25) is 15.9 Å². The highest BCUT2D eigenvalue weighted by Crippen LogP contribution is 2.30. The van der Waals surface area contributed by atoms with Crippen molar-refractivity contribution in [3.05, 3.63) is 23.3 Å². The Morgan fingerprint density at radius 1 is 1.00 bits per heavy atom. The second-order valence-corrected chi connectivity index (χ2v) is 13.3. The number of aryl methyl sites for hydroxylation is 2. The van der Waals surface area contributed by atoms with Gasteiger partial charge in [0.05, 0.1) is 18.6 Å². The molecule has 0 N–H and O–H groups in total. The molecule has 3 rings (SSSR count). The second kappa shape index (κ2) is 13.6. The molecule has 1 aromatic rings. The van der Waals surface area contributed by atoms with Gasteiger partial charge in [-0.05, 0) is 95.8 Å². The fourth-order valence-electron chi connectivity index (χ4n) is 5.85. The smallest absolute Gasteiger partial charge is 0.248 e. The van der Waals surface area contributed by atoms with E-state index in [2.05, 4.69) is 23.9 Å². The van der Waals surface area contributed by atoms with E-state index >= 15 is 0 Å². The van der Waals surface area contributed by atoms with Crippen LogP contribution in [0.15, 0.2) is 17.0 Å². The molecule has 1 aliphatic heterocycles. The third-order valence-corrected chi connectivity index (χ3v) is 10.5. The summed E-state index contributed by atoms with van der Waals surface area (Å²) < 4.78 is 38.4. The summed E-state index contributed by atoms with van der Waals surface area (Å²) in [5.41, 5.74) is 1.28. The Balaban J connectivity index is 1.39. The number of hydrogen-bond acceptors (Lipinski definition) is 7. The van der Waals surface area contributed by atoms with Crippen molar-refractivity contribution in [2.24, 2.45) is 5.92 Å². The SMILES string of the molecule is COc1cc(C)c(S(=O)(=O)N(C)CCOCC(=O)N(C)[C@H]2CC[C@@H](CN3CC[C@H](N(C)C)C3)CC2)c(C)c1. The van der Waals surface area contributed by atoms with Gasteiger partial charge >= 0.3 is 0 Å². The predicted molar refractivity (Wildman–Crippen MR) is 150 cm³/mol. The summed E-state index contributed by atoms with van der Waals surface area (Å²) in [5, 5.41) is 0. The monoisotopic (exact) mass is 552 g/mol. The van der Waals surface area contributed by atoms with Crippen molar-refractivity contribution in [2.75, 3.05) is 74.7 Å². The van der Waals surface area contributed by atoms with Gasteiger partial charge in [0.15, 0.2) is 0 Å². The van der Waals surface area contributed by atoms with Crippen molar-refractivity contribution >= 4 is 15.9 Å². The fourth-order valence-corrected chi connectivity index (χ4v) is 7.41. The molecule has 1 amide bonds. The highest BCUT2D eigenvalue weighted by molar-refractivity contribution is 7.89. The predicted octanol–water partition coefficient (Wildman–Crippen LogP) is 2.60. The number of methoxy groups -OCH3 is 1. The summed E-state index contributed by atoms with van der Waals surface area (Å²) in [6, 6.07) is 4.36. The molecular formula is C28H48N4O5S. The van der Waals surface area contributed by atoms with E-state index < -0.39 is 10.0 Å². The maximum atomic E-state index is 13.1. The minimum atomic E-state index is -3.68. The molecule has 0 spiro atoms. The van der Waals surface area contributed by atoms with Crippen molar-refractivity contribution in [1.82, 2.24) is 19.0 Å². The van der Waals surface area contributed by atoms with Crippen molar-refractivity contribution < 1.29 is 22.7 Å². The number of rotatable bonds is 12. The standard InChI is InChI=1S/C28H48N4O5S/c1-21-16-26(36-7)17-22(2)28(21)38(34,35)30(5)14-15-37-20-27(33)31(6)24-10-8-23(9-11-24)18-32-13-12-25(19-32)29(3)4/h16-17,23-25H,8-15,18-20H2,1-7H3/t23-,24+,25-/m0/s1. The summed E-state index contributed by atoms with van der Waals surface area (Å²) in [6.07, 6.45) is 5.61. The van der Waals surface area contributed by atoms with Crippen molar-refractivity contribution in [2.45, 2.75) is 62.9 Å². The Morgan fingerprint density at radius 2 is 1.63 bits per heavy atom. The van der Waals surface area contributed by atoms with Crippen LogP contribution in [0, 0.1) is 19.8 Å². The number of likely N-dealkylation sites (tertiary alicyclic amines) is 1. The molecule has 216 valence electrons. The van der Waals surface area contributed by atoms with Crippen molar-refractivity contribution in [1.29, 1.82) is 0 Å². The first-order valence-corrected chi connectivity index (χ1v) is 15.2. The lowest BCUT2D eigenvalue weighted by Gasteiger charge is -2.36. The van der Waals surface area contributed by atoms with Gasteiger partial charge in [-0.15, -0.1) is 0 Å². The van der Waals surface area contributed by atoms with Crippen LogP contribution < -0.4 is 4.74 Å². The molecule has 0 radical (unpaired) electrons. The third kappa shape index (κ3) is 7.69. The first-order chi connectivity index (χ1) is 17.9. The van der Waals surface area contributed by atoms with Gasteiger partial charge in [0.25, 0.3) is 0 Å². The number of carbonyl (C=O) groups excluding carboxylic acids is 1. The van der Waals surface area contributed by atoms with E-state index in [1.165, 1.54) is 37.4 Å². The molecule has 0 unspecified atom stereocenters. The molecule has 2 fully saturated rings. The summed E-state index contributed by atoms with van der Waals surface area (Å²) >= 11 is 0. The number of nitrogens with zero attached hydrogens (tertiary/aromatic N) is 4. The van der Waals surface area contributed by atoms with Gasteiger partial charge in [0, 0.05) is 45.8 Å². The lowest BCUT2D eigenvalue weighted by Crippen LogP contribution is -2.43. The van der Waals surface area contributed by atoms with Gasteiger partial charge in [-0.2, -0.15) is 4.31 Å². The summed E-state index contributed by atoms with van der Waals surface area (Å²) in [4.78, 5) is 19.8. The van der Waals surface area contributed by atoms with Crippen LogP contribution in [0.3, 0.4) is 0 Å². The van der Waals surface area contributed by atoms with E-state index in [4.69, 9.17) is 9.47 Å². The van der Waals surface area contributed by atoms with Gasteiger partial charge < -0.3 is 24.2 Å². The topological polar surface area (TPSA) is 82.6 Å². The largest absolute Gasteiger partial charge is 0.497 e. The second-order valence-electron chi connectivity index (χ2n) is 11.3. The van der Waals surface area contributed by atoms with Gasteiger partial charge in [-0.25, -0.2) is 8.42 Å². The average Bonchev–Trinajstić information content (AvgIpc) is 3.34. The number of benzene rings is 1. The number of hydrogen-bond donors (Lipinski definition) is 0. The quantitative estimate of drug-likeness (QED) is 0.369. The van der Waals surface area contributed by atoms with Gasteiger partial charge in [-0.3, -0.25) is 4.79 Å². The maximum Gasteiger partial charge on any atom is 0.248 e. The molecule has 1 atom stereocenters. The highest BCUT2D eigenvalue weighted by atomic mass is 32.2. The molecule has 38 heavy (non-hydrogen) atoms. The molecule has 10 heteroatoms. The normalized spacial score (nSPS) is 22.8. The number of sulfonamides is 1. The first kappa shape index (κ1) is 30.8. The van der Waals surface area contributed by atoms with Crippen LogP contribution in [-0.4, -0.2) is 120 Å². The zero-order valence-corrected chi connectivity index (χ0v) is 25.2. The van der Waals surface area contributed by atoms with Gasteiger partial charge in [0.1, 0.15) is 12.4 Å². The molecule has 1 heterocycles. The van der Waals surface area contributed by atoms with Crippen LogP contribution in [0.25, 0.3) is 0 Å². The zero-order valence-electron chi connectivity index (χ0n) is 24.4. The van der Waals surface area contributed by atoms with Crippen LogP contribution in [0.2, 0.25) is 0 Å². The van der Waals surface area contributed by atoms with Crippen LogP contribution in [0.5, 0.6) is 5.75 Å². The van der Waals surface area contributed by atoms with E-state index in [0.29, 0.717) is 28.8 Å². The molecule has 0 bridgehead atoms. The molecule has 1 saturated heterocycles. The Morgan fingerprint density at radius 3 is 2.18 bits per heavy atom. The van der Waals surface area contributed by atoms with Crippen molar-refractivity contribution in [3.63, 3.8) is 0 Å². The van der Waals surface area contributed by atoms with Crippen molar-refractivity contribution in [3.8, 4) is 5.75 Å². The molecule has 1 saturated carbocycles. The fraction of sp³-hybridized carbons (Fsp3) is 0.750. The molecule has 9 nitrogen and oxygen atoms in total. The van der Waals surface area contributed by atoms with E-state index in [1.54, 1.807) is 33.1 Å². The van der Waals surface area contributed by atoms with Crippen LogP contribution in [0.1, 0.15) is 43.2 Å². The summed E-state index contributed by atoms with van der Waals surface area (Å²) in [7, 11) is 5.62. The van der Waals surface area contributed by atoms with Gasteiger partial charge in [-0.1, -0.05) is 0 Å². The number of amides is 1. The molecular weight excluding hydrogens is 504 g/mol. The number of likely N-dealkylation sites (N-methyl/N-ethyl adjacent to an activating group) is 3. The maximum absolute atomic E-state index is 13.1. The third-order valence-electron chi connectivity index (χ3n) is 8.37. The lowest BCUT2D eigenvalue weighted by molar-refractivity contribution is -0.137. The Kier molecular flexibility index (Phi) is 11.0.